The second-order valence-electron chi connectivity index (χ2n) is 6.49. The normalized spacial score (nSPS) is 14.9. The molecule has 0 bridgehead atoms. The molecule has 26 heavy (non-hydrogen) atoms. The van der Waals surface area contributed by atoms with Crippen molar-refractivity contribution < 1.29 is 9.59 Å². The molecule has 0 atom stereocenters. The number of anilines is 1. The zero-order valence-corrected chi connectivity index (χ0v) is 15.5. The molecule has 1 aliphatic rings. The van der Waals surface area contributed by atoms with Crippen molar-refractivity contribution in [3.05, 3.63) is 64.7 Å². The number of nitrogens with one attached hydrogen (secondary N) is 1. The second-order valence-corrected chi connectivity index (χ2v) is 6.93. The first kappa shape index (κ1) is 18.4. The molecule has 3 rings (SSSR count). The number of aryl methyl sites for hydroxylation is 1. The quantitative estimate of drug-likeness (QED) is 0.898. The fourth-order valence-corrected chi connectivity index (χ4v) is 3.05. The molecule has 1 saturated heterocycles. The third kappa shape index (κ3) is 4.84. The van der Waals surface area contributed by atoms with Crippen molar-refractivity contribution in [3.8, 4) is 0 Å². The molecule has 0 saturated carbocycles. The highest BCUT2D eigenvalue weighted by atomic mass is 35.5. The van der Waals surface area contributed by atoms with Crippen molar-refractivity contribution in [1.82, 2.24) is 9.80 Å². The van der Waals surface area contributed by atoms with Crippen molar-refractivity contribution in [1.29, 1.82) is 0 Å². The molecule has 1 fully saturated rings. The van der Waals surface area contributed by atoms with E-state index in [1.54, 1.807) is 24.3 Å². The van der Waals surface area contributed by atoms with Crippen molar-refractivity contribution >= 4 is 29.1 Å². The average Bonchev–Trinajstić information content (AvgIpc) is 2.64. The van der Waals surface area contributed by atoms with E-state index in [0.717, 1.165) is 11.3 Å². The maximum Gasteiger partial charge on any atom is 0.253 e. The molecule has 5 nitrogen and oxygen atoms in total. The first-order valence-corrected chi connectivity index (χ1v) is 9.03. The van der Waals surface area contributed by atoms with E-state index in [2.05, 4.69) is 10.2 Å². The van der Waals surface area contributed by atoms with E-state index >= 15 is 0 Å². The summed E-state index contributed by atoms with van der Waals surface area (Å²) in [6.45, 7) is 4.92. The predicted octanol–water partition coefficient (Wildman–Crippen LogP) is 3.04. The Hall–Kier alpha value is -2.37. The fourth-order valence-electron chi connectivity index (χ4n) is 2.92. The van der Waals surface area contributed by atoms with Crippen LogP contribution in [0.5, 0.6) is 0 Å². The number of piperazine rings is 1. The minimum atomic E-state index is -0.0358. The van der Waals surface area contributed by atoms with Crippen LogP contribution >= 0.6 is 11.6 Å². The zero-order chi connectivity index (χ0) is 18.5. The lowest BCUT2D eigenvalue weighted by Crippen LogP contribution is -2.50. The summed E-state index contributed by atoms with van der Waals surface area (Å²) < 4.78 is 0. The van der Waals surface area contributed by atoms with Crippen molar-refractivity contribution in [2.75, 3.05) is 38.0 Å². The topological polar surface area (TPSA) is 52.7 Å². The molecular formula is C20H22ClN3O2. The molecule has 2 amide bonds. The molecule has 1 aliphatic heterocycles. The Labute approximate surface area is 158 Å². The van der Waals surface area contributed by atoms with Gasteiger partial charge in [0.2, 0.25) is 5.91 Å². The lowest BCUT2D eigenvalue weighted by Gasteiger charge is -2.34. The maximum absolute atomic E-state index is 12.5. The predicted molar refractivity (Wildman–Crippen MR) is 104 cm³/mol. The maximum atomic E-state index is 12.5. The minimum absolute atomic E-state index is 0.00502. The van der Waals surface area contributed by atoms with Gasteiger partial charge in [-0.15, -0.1) is 0 Å². The number of halogens is 1. The van der Waals surface area contributed by atoms with Crippen LogP contribution in [0.1, 0.15) is 15.9 Å². The first-order valence-electron chi connectivity index (χ1n) is 8.65. The van der Waals surface area contributed by atoms with E-state index in [0.29, 0.717) is 43.3 Å². The third-order valence-corrected chi connectivity index (χ3v) is 4.71. The highest BCUT2D eigenvalue weighted by Gasteiger charge is 2.23. The number of nitrogens with zero attached hydrogens (tertiary/aromatic N) is 2. The number of carbonyl (C=O) groups is 2. The van der Waals surface area contributed by atoms with E-state index in [4.69, 9.17) is 11.6 Å². The highest BCUT2D eigenvalue weighted by Crippen LogP contribution is 2.13. The van der Waals surface area contributed by atoms with Gasteiger partial charge >= 0.3 is 0 Å². The molecule has 0 aromatic heterocycles. The number of hydrogen-bond acceptors (Lipinski definition) is 3. The van der Waals surface area contributed by atoms with Gasteiger partial charge in [0.15, 0.2) is 0 Å². The molecule has 0 aliphatic carbocycles. The molecule has 6 heteroatoms. The minimum Gasteiger partial charge on any atom is -0.336 e. The van der Waals surface area contributed by atoms with Crippen LogP contribution in [-0.2, 0) is 4.79 Å². The number of hydrogen-bond donors (Lipinski definition) is 1. The average molecular weight is 372 g/mol. The van der Waals surface area contributed by atoms with E-state index in [9.17, 15) is 9.59 Å². The van der Waals surface area contributed by atoms with Crippen LogP contribution < -0.4 is 5.32 Å². The van der Waals surface area contributed by atoms with E-state index in [1.165, 1.54) is 0 Å². The van der Waals surface area contributed by atoms with Crippen LogP contribution in [0.2, 0.25) is 5.02 Å². The Balaban J connectivity index is 1.47. The third-order valence-electron chi connectivity index (χ3n) is 4.45. The van der Waals surface area contributed by atoms with Crippen molar-refractivity contribution in [2.24, 2.45) is 0 Å². The van der Waals surface area contributed by atoms with Gasteiger partial charge in [-0.25, -0.2) is 0 Å². The van der Waals surface area contributed by atoms with Crippen LogP contribution in [0.4, 0.5) is 5.69 Å². The summed E-state index contributed by atoms with van der Waals surface area (Å²) in [5.41, 5.74) is 2.60. The molecular weight excluding hydrogens is 350 g/mol. The number of rotatable bonds is 4. The molecule has 1 N–H and O–H groups in total. The van der Waals surface area contributed by atoms with Crippen LogP contribution in [-0.4, -0.2) is 54.3 Å². The van der Waals surface area contributed by atoms with Gasteiger partial charge in [-0.05, 0) is 43.3 Å². The van der Waals surface area contributed by atoms with Gasteiger partial charge in [0.1, 0.15) is 0 Å². The van der Waals surface area contributed by atoms with Gasteiger partial charge < -0.3 is 10.2 Å². The van der Waals surface area contributed by atoms with E-state index < -0.39 is 0 Å². The fraction of sp³-hybridized carbons (Fsp3) is 0.300. The lowest BCUT2D eigenvalue weighted by molar-refractivity contribution is -0.117. The standard InChI is InChI=1S/C20H22ClN3O2/c1-15-2-8-18(9-3-15)22-19(25)14-23-10-12-24(13-11-23)20(26)16-4-6-17(21)7-5-16/h2-9H,10-14H2,1H3,(H,22,25). The summed E-state index contributed by atoms with van der Waals surface area (Å²) in [4.78, 5) is 28.6. The number of amides is 2. The smallest absolute Gasteiger partial charge is 0.253 e. The van der Waals surface area contributed by atoms with Gasteiger partial charge in [-0.3, -0.25) is 14.5 Å². The van der Waals surface area contributed by atoms with Crippen molar-refractivity contribution in [2.45, 2.75) is 6.92 Å². The van der Waals surface area contributed by atoms with Crippen LogP contribution in [0.25, 0.3) is 0 Å². The first-order chi connectivity index (χ1) is 12.5. The zero-order valence-electron chi connectivity index (χ0n) is 14.7. The largest absolute Gasteiger partial charge is 0.336 e. The van der Waals surface area contributed by atoms with Gasteiger partial charge in [0.25, 0.3) is 5.91 Å². The van der Waals surface area contributed by atoms with Crippen molar-refractivity contribution in [3.63, 3.8) is 0 Å². The van der Waals surface area contributed by atoms with Crippen LogP contribution in [0, 0.1) is 6.92 Å². The Bertz CT molecular complexity index is 767. The molecule has 2 aromatic carbocycles. The lowest BCUT2D eigenvalue weighted by atomic mass is 10.2. The summed E-state index contributed by atoms with van der Waals surface area (Å²) in [7, 11) is 0. The SMILES string of the molecule is Cc1ccc(NC(=O)CN2CCN(C(=O)c3ccc(Cl)cc3)CC2)cc1. The van der Waals surface area contributed by atoms with E-state index in [1.807, 2.05) is 36.1 Å². The van der Waals surface area contributed by atoms with Gasteiger partial charge in [-0.1, -0.05) is 29.3 Å². The Morgan fingerprint density at radius 1 is 0.962 bits per heavy atom. The van der Waals surface area contributed by atoms with Gasteiger partial charge in [0, 0.05) is 42.5 Å². The summed E-state index contributed by atoms with van der Waals surface area (Å²) in [6, 6.07) is 14.7. The number of benzene rings is 2. The second kappa shape index (κ2) is 8.34. The summed E-state index contributed by atoms with van der Waals surface area (Å²) in [5, 5.41) is 3.52. The molecule has 0 radical (unpaired) electrons. The monoisotopic (exact) mass is 371 g/mol. The Kier molecular flexibility index (Phi) is 5.91. The van der Waals surface area contributed by atoms with Gasteiger partial charge in [0.05, 0.1) is 6.54 Å². The summed E-state index contributed by atoms with van der Waals surface area (Å²) in [6.07, 6.45) is 0. The Morgan fingerprint density at radius 2 is 1.58 bits per heavy atom. The summed E-state index contributed by atoms with van der Waals surface area (Å²) in [5.74, 6) is -0.0308. The molecule has 136 valence electrons. The molecule has 2 aromatic rings. The van der Waals surface area contributed by atoms with E-state index in [-0.39, 0.29) is 11.8 Å². The van der Waals surface area contributed by atoms with Gasteiger partial charge in [-0.2, -0.15) is 0 Å². The number of carbonyl (C=O) groups excluding carboxylic acids is 2. The molecule has 0 unspecified atom stereocenters. The van der Waals surface area contributed by atoms with Crippen LogP contribution in [0.3, 0.4) is 0 Å². The Morgan fingerprint density at radius 3 is 2.19 bits per heavy atom. The molecule has 1 heterocycles. The molecule has 0 spiro atoms. The van der Waals surface area contributed by atoms with Crippen LogP contribution in [0.15, 0.2) is 48.5 Å². The summed E-state index contributed by atoms with van der Waals surface area (Å²) >= 11 is 5.87. The highest BCUT2D eigenvalue weighted by molar-refractivity contribution is 6.30.